The van der Waals surface area contributed by atoms with Gasteiger partial charge in [-0.2, -0.15) is 0 Å². The van der Waals surface area contributed by atoms with Crippen molar-refractivity contribution >= 4 is 5.82 Å². The number of aryl methyl sites for hydroxylation is 1. The maximum Gasteiger partial charge on any atom is 0.199 e. The molecule has 5 nitrogen and oxygen atoms in total. The van der Waals surface area contributed by atoms with E-state index in [-0.39, 0.29) is 5.41 Å². The minimum absolute atomic E-state index is 0.0506. The smallest absolute Gasteiger partial charge is 0.199 e. The van der Waals surface area contributed by atoms with Crippen LogP contribution in [0.2, 0.25) is 0 Å². The van der Waals surface area contributed by atoms with Crippen LogP contribution in [0.1, 0.15) is 45.4 Å². The van der Waals surface area contributed by atoms with Gasteiger partial charge >= 0.3 is 0 Å². The molecule has 0 radical (unpaired) electrons. The highest BCUT2D eigenvalue weighted by Gasteiger charge is 2.19. The number of nitrogens with one attached hydrogen (secondary N) is 1. The maximum atomic E-state index is 4.64. The molecule has 2 aromatic heterocycles. The van der Waals surface area contributed by atoms with Crippen molar-refractivity contribution in [2.24, 2.45) is 0 Å². The van der Waals surface area contributed by atoms with E-state index in [4.69, 9.17) is 0 Å². The number of anilines is 1. The molecule has 0 unspecified atom stereocenters. The zero-order chi connectivity index (χ0) is 15.5. The van der Waals surface area contributed by atoms with Gasteiger partial charge in [0.15, 0.2) is 11.6 Å². The normalized spacial score (nSPS) is 11.5. The Balaban J connectivity index is 2.46. The van der Waals surface area contributed by atoms with Gasteiger partial charge in [-0.15, -0.1) is 0 Å². The molecule has 0 fully saturated rings. The Labute approximate surface area is 126 Å². The van der Waals surface area contributed by atoms with Crippen molar-refractivity contribution in [2.75, 3.05) is 11.9 Å². The van der Waals surface area contributed by atoms with Crippen LogP contribution in [0.4, 0.5) is 5.82 Å². The zero-order valence-corrected chi connectivity index (χ0v) is 13.4. The first-order valence-corrected chi connectivity index (χ1v) is 7.32. The third-order valence-corrected chi connectivity index (χ3v) is 3.03. The Hall–Kier alpha value is -2.04. The molecule has 0 aliphatic rings. The third-order valence-electron chi connectivity index (χ3n) is 3.03. The van der Waals surface area contributed by atoms with E-state index in [2.05, 4.69) is 52.9 Å². The Morgan fingerprint density at radius 1 is 1.05 bits per heavy atom. The van der Waals surface area contributed by atoms with Crippen molar-refractivity contribution in [3.8, 4) is 11.6 Å². The van der Waals surface area contributed by atoms with Crippen LogP contribution in [-0.2, 0) is 5.41 Å². The van der Waals surface area contributed by atoms with E-state index >= 15 is 0 Å². The van der Waals surface area contributed by atoms with Crippen LogP contribution in [-0.4, -0.2) is 26.5 Å². The van der Waals surface area contributed by atoms with Gasteiger partial charge in [0, 0.05) is 30.4 Å². The van der Waals surface area contributed by atoms with E-state index in [1.54, 1.807) is 12.4 Å². The van der Waals surface area contributed by atoms with Crippen LogP contribution in [0, 0.1) is 6.92 Å². The molecular formula is C16H23N5. The lowest BCUT2D eigenvalue weighted by molar-refractivity contribution is 0.568. The number of rotatable bonds is 4. The molecule has 0 bridgehead atoms. The molecule has 21 heavy (non-hydrogen) atoms. The summed E-state index contributed by atoms with van der Waals surface area (Å²) in [4.78, 5) is 17.8. The van der Waals surface area contributed by atoms with Crippen molar-refractivity contribution in [3.63, 3.8) is 0 Å². The summed E-state index contributed by atoms with van der Waals surface area (Å²) in [5.74, 6) is 1.96. The second-order valence-electron chi connectivity index (χ2n) is 6.22. The number of hydrogen-bond donors (Lipinski definition) is 1. The molecule has 1 N–H and O–H groups in total. The molecule has 0 aromatic carbocycles. The summed E-state index contributed by atoms with van der Waals surface area (Å²) < 4.78 is 0. The summed E-state index contributed by atoms with van der Waals surface area (Å²) in [5, 5.41) is 3.32. The number of nitrogens with zero attached hydrogens (tertiary/aromatic N) is 4. The second kappa shape index (κ2) is 6.16. The lowest BCUT2D eigenvalue weighted by atomic mass is 9.92. The summed E-state index contributed by atoms with van der Waals surface area (Å²) in [5.41, 5.74) is 1.95. The molecule has 0 aliphatic carbocycles. The summed E-state index contributed by atoms with van der Waals surface area (Å²) in [7, 11) is 0. The van der Waals surface area contributed by atoms with Gasteiger partial charge in [0.25, 0.3) is 0 Å². The lowest BCUT2D eigenvalue weighted by Gasteiger charge is -2.19. The van der Waals surface area contributed by atoms with Gasteiger partial charge in [0.2, 0.25) is 0 Å². The van der Waals surface area contributed by atoms with E-state index in [9.17, 15) is 0 Å². The van der Waals surface area contributed by atoms with Crippen molar-refractivity contribution in [1.82, 2.24) is 19.9 Å². The van der Waals surface area contributed by atoms with Gasteiger partial charge in [-0.05, 0) is 18.9 Å². The quantitative estimate of drug-likeness (QED) is 0.933. The monoisotopic (exact) mass is 285 g/mol. The van der Waals surface area contributed by atoms with E-state index in [0.717, 1.165) is 30.0 Å². The summed E-state index contributed by atoms with van der Waals surface area (Å²) >= 11 is 0. The Kier molecular flexibility index (Phi) is 4.50. The second-order valence-corrected chi connectivity index (χ2v) is 6.22. The van der Waals surface area contributed by atoms with Crippen molar-refractivity contribution in [1.29, 1.82) is 0 Å². The fraction of sp³-hybridized carbons (Fsp3) is 0.500. The highest BCUT2D eigenvalue weighted by molar-refractivity contribution is 5.50. The van der Waals surface area contributed by atoms with Gasteiger partial charge in [-0.1, -0.05) is 27.7 Å². The molecule has 112 valence electrons. The number of hydrogen-bond acceptors (Lipinski definition) is 5. The highest BCUT2D eigenvalue weighted by Crippen LogP contribution is 2.24. The predicted molar refractivity (Wildman–Crippen MR) is 85.3 cm³/mol. The molecule has 0 amide bonds. The average Bonchev–Trinajstić information content (AvgIpc) is 2.44. The van der Waals surface area contributed by atoms with Crippen LogP contribution in [0.3, 0.4) is 0 Å². The van der Waals surface area contributed by atoms with Crippen molar-refractivity contribution < 1.29 is 0 Å². The topological polar surface area (TPSA) is 63.6 Å². The fourth-order valence-corrected chi connectivity index (χ4v) is 1.78. The van der Waals surface area contributed by atoms with Crippen LogP contribution >= 0.6 is 0 Å². The molecule has 2 rings (SSSR count). The predicted octanol–water partition coefficient (Wildman–Crippen LogP) is 3.36. The van der Waals surface area contributed by atoms with Crippen molar-refractivity contribution in [3.05, 3.63) is 29.7 Å². The van der Waals surface area contributed by atoms with Crippen LogP contribution in [0.5, 0.6) is 0 Å². The first-order chi connectivity index (χ1) is 9.90. The van der Waals surface area contributed by atoms with Crippen LogP contribution in [0.25, 0.3) is 11.6 Å². The van der Waals surface area contributed by atoms with Gasteiger partial charge in [-0.25, -0.2) is 19.9 Å². The highest BCUT2D eigenvalue weighted by atomic mass is 15.1. The molecule has 0 atom stereocenters. The van der Waals surface area contributed by atoms with Crippen LogP contribution < -0.4 is 5.32 Å². The molecule has 0 spiro atoms. The standard InChI is InChI=1S/C16H23N5/c1-6-7-17-13-8-12(16(3,4)5)20-15(21-13)14-18-9-11(2)10-19-14/h8-10H,6-7H2,1-5H3,(H,17,20,21). The fourth-order valence-electron chi connectivity index (χ4n) is 1.78. The van der Waals surface area contributed by atoms with E-state index in [1.807, 2.05) is 13.0 Å². The average molecular weight is 285 g/mol. The summed E-state index contributed by atoms with van der Waals surface area (Å²) in [6, 6.07) is 2.01. The molecule has 2 aromatic rings. The van der Waals surface area contributed by atoms with E-state index in [1.165, 1.54) is 0 Å². The number of aromatic nitrogens is 4. The molecular weight excluding hydrogens is 262 g/mol. The first kappa shape index (κ1) is 15.4. The summed E-state index contributed by atoms with van der Waals surface area (Å²) in [6.07, 6.45) is 4.62. The van der Waals surface area contributed by atoms with Gasteiger partial charge in [0.05, 0.1) is 5.69 Å². The Morgan fingerprint density at radius 3 is 2.29 bits per heavy atom. The largest absolute Gasteiger partial charge is 0.370 e. The Bertz CT molecular complexity index is 599. The van der Waals surface area contributed by atoms with E-state index < -0.39 is 0 Å². The maximum absolute atomic E-state index is 4.64. The molecule has 0 saturated heterocycles. The van der Waals surface area contributed by atoms with Crippen LogP contribution in [0.15, 0.2) is 18.5 Å². The molecule has 0 saturated carbocycles. The molecule has 2 heterocycles. The molecule has 5 heteroatoms. The SMILES string of the molecule is CCCNc1cc(C(C)(C)C)nc(-c2ncc(C)cn2)n1. The van der Waals surface area contributed by atoms with E-state index in [0.29, 0.717) is 11.6 Å². The molecule has 0 aliphatic heterocycles. The third kappa shape index (κ3) is 3.97. The first-order valence-electron chi connectivity index (χ1n) is 7.32. The Morgan fingerprint density at radius 2 is 1.71 bits per heavy atom. The summed E-state index contributed by atoms with van der Waals surface area (Å²) in [6.45, 7) is 11.4. The van der Waals surface area contributed by atoms with Gasteiger partial charge in [-0.3, -0.25) is 0 Å². The van der Waals surface area contributed by atoms with Crippen molar-refractivity contribution in [2.45, 2.75) is 46.5 Å². The zero-order valence-electron chi connectivity index (χ0n) is 13.4. The van der Waals surface area contributed by atoms with Gasteiger partial charge < -0.3 is 5.32 Å². The minimum Gasteiger partial charge on any atom is -0.370 e. The van der Waals surface area contributed by atoms with Gasteiger partial charge in [0.1, 0.15) is 5.82 Å². The minimum atomic E-state index is -0.0506. The lowest BCUT2D eigenvalue weighted by Crippen LogP contribution is -2.16.